The van der Waals surface area contributed by atoms with Gasteiger partial charge in [0.05, 0.1) is 6.54 Å². The average Bonchev–Trinajstić information content (AvgIpc) is 2.56. The first-order valence-corrected chi connectivity index (χ1v) is 5.30. The van der Waals surface area contributed by atoms with Gasteiger partial charge in [0.1, 0.15) is 5.82 Å². The van der Waals surface area contributed by atoms with E-state index in [2.05, 4.69) is 5.43 Å². The Morgan fingerprint density at radius 1 is 1.12 bits per heavy atom. The summed E-state index contributed by atoms with van der Waals surface area (Å²) in [7, 11) is 0. The highest BCUT2D eigenvalue weighted by Crippen LogP contribution is 2.07. The molecule has 0 saturated heterocycles. The zero-order chi connectivity index (χ0) is 11.5. The number of rotatable bonds is 3. The molecule has 0 spiro atoms. The van der Waals surface area contributed by atoms with Crippen LogP contribution in [0.2, 0.25) is 0 Å². The van der Waals surface area contributed by atoms with Crippen molar-refractivity contribution in [2.75, 3.05) is 5.43 Å². The van der Waals surface area contributed by atoms with E-state index in [9.17, 15) is 4.39 Å². The lowest BCUT2D eigenvalue weighted by molar-refractivity contribution is 0.625. The van der Waals surface area contributed by atoms with E-state index in [0.717, 1.165) is 17.0 Å². The van der Waals surface area contributed by atoms with Crippen molar-refractivity contribution in [2.45, 2.75) is 20.4 Å². The van der Waals surface area contributed by atoms with Gasteiger partial charge in [-0.05, 0) is 43.7 Å². The second-order valence-electron chi connectivity index (χ2n) is 3.92. The Balaban J connectivity index is 2.08. The second kappa shape index (κ2) is 4.39. The predicted molar refractivity (Wildman–Crippen MR) is 63.4 cm³/mol. The maximum absolute atomic E-state index is 13.0. The average molecular weight is 218 g/mol. The molecule has 1 aromatic carbocycles. The Bertz CT molecular complexity index is 469. The lowest BCUT2D eigenvalue weighted by atomic mass is 10.2. The van der Waals surface area contributed by atoms with Gasteiger partial charge in [-0.1, -0.05) is 12.1 Å². The Hall–Kier alpha value is -1.77. The van der Waals surface area contributed by atoms with E-state index in [1.54, 1.807) is 12.1 Å². The Labute approximate surface area is 94.7 Å². The molecule has 0 bridgehead atoms. The van der Waals surface area contributed by atoms with Crippen molar-refractivity contribution in [2.24, 2.45) is 0 Å². The number of nitrogens with one attached hydrogen (secondary N) is 1. The zero-order valence-electron chi connectivity index (χ0n) is 9.50. The van der Waals surface area contributed by atoms with Crippen LogP contribution in [0.5, 0.6) is 0 Å². The SMILES string of the molecule is Cc1ccc(C)n1NCc1cccc(F)c1. The molecule has 0 aliphatic heterocycles. The van der Waals surface area contributed by atoms with E-state index in [1.165, 1.54) is 6.07 Å². The van der Waals surface area contributed by atoms with Crippen LogP contribution >= 0.6 is 0 Å². The summed E-state index contributed by atoms with van der Waals surface area (Å²) < 4.78 is 15.0. The fraction of sp³-hybridized carbons (Fsp3) is 0.231. The molecule has 2 nitrogen and oxygen atoms in total. The van der Waals surface area contributed by atoms with Gasteiger partial charge < -0.3 is 5.43 Å². The molecule has 3 heteroatoms. The highest BCUT2D eigenvalue weighted by molar-refractivity contribution is 5.20. The topological polar surface area (TPSA) is 17.0 Å². The number of hydrogen-bond donors (Lipinski definition) is 1. The fourth-order valence-electron chi connectivity index (χ4n) is 1.74. The van der Waals surface area contributed by atoms with Crippen LogP contribution < -0.4 is 5.43 Å². The van der Waals surface area contributed by atoms with E-state index >= 15 is 0 Å². The van der Waals surface area contributed by atoms with Gasteiger partial charge in [0.25, 0.3) is 0 Å². The summed E-state index contributed by atoms with van der Waals surface area (Å²) in [6.45, 7) is 4.69. The molecule has 0 saturated carbocycles. The number of nitrogens with zero attached hydrogens (tertiary/aromatic N) is 1. The first-order valence-electron chi connectivity index (χ1n) is 5.30. The smallest absolute Gasteiger partial charge is 0.123 e. The number of halogens is 1. The monoisotopic (exact) mass is 218 g/mol. The van der Waals surface area contributed by atoms with Gasteiger partial charge in [0.2, 0.25) is 0 Å². The molecule has 0 unspecified atom stereocenters. The summed E-state index contributed by atoms with van der Waals surface area (Å²) >= 11 is 0. The molecule has 0 amide bonds. The third-order valence-electron chi connectivity index (χ3n) is 2.60. The lowest BCUT2D eigenvalue weighted by Crippen LogP contribution is -2.16. The maximum atomic E-state index is 13.0. The van der Waals surface area contributed by atoms with Gasteiger partial charge in [0.15, 0.2) is 0 Å². The van der Waals surface area contributed by atoms with Gasteiger partial charge >= 0.3 is 0 Å². The molecule has 16 heavy (non-hydrogen) atoms. The molecule has 0 atom stereocenters. The summed E-state index contributed by atoms with van der Waals surface area (Å²) in [6.07, 6.45) is 0. The summed E-state index contributed by atoms with van der Waals surface area (Å²) in [5, 5.41) is 0. The van der Waals surface area contributed by atoms with Crippen LogP contribution in [0.3, 0.4) is 0 Å². The van der Waals surface area contributed by atoms with E-state index in [0.29, 0.717) is 6.54 Å². The molecular formula is C13H15FN2. The van der Waals surface area contributed by atoms with Gasteiger partial charge in [-0.3, -0.25) is 4.68 Å². The molecule has 1 heterocycles. The summed E-state index contributed by atoms with van der Waals surface area (Å²) in [4.78, 5) is 0. The van der Waals surface area contributed by atoms with Crippen LogP contribution in [-0.4, -0.2) is 4.68 Å². The van der Waals surface area contributed by atoms with Crippen molar-refractivity contribution in [3.8, 4) is 0 Å². The highest BCUT2D eigenvalue weighted by Gasteiger charge is 2.00. The molecule has 0 aliphatic rings. The molecule has 1 aromatic heterocycles. The first-order chi connectivity index (χ1) is 7.66. The third-order valence-corrected chi connectivity index (χ3v) is 2.60. The Morgan fingerprint density at radius 3 is 2.44 bits per heavy atom. The van der Waals surface area contributed by atoms with Gasteiger partial charge in [0, 0.05) is 11.4 Å². The predicted octanol–water partition coefficient (Wildman–Crippen LogP) is 2.99. The lowest BCUT2D eigenvalue weighted by Gasteiger charge is -2.12. The Kier molecular flexibility index (Phi) is 2.95. The minimum atomic E-state index is -0.194. The fourth-order valence-corrected chi connectivity index (χ4v) is 1.74. The molecule has 1 N–H and O–H groups in total. The van der Waals surface area contributed by atoms with Gasteiger partial charge in [-0.2, -0.15) is 0 Å². The minimum absolute atomic E-state index is 0.194. The van der Waals surface area contributed by atoms with Crippen molar-refractivity contribution >= 4 is 0 Å². The van der Waals surface area contributed by atoms with Crippen molar-refractivity contribution in [3.63, 3.8) is 0 Å². The highest BCUT2D eigenvalue weighted by atomic mass is 19.1. The number of hydrogen-bond acceptors (Lipinski definition) is 1. The molecule has 0 fully saturated rings. The molecule has 2 aromatic rings. The van der Waals surface area contributed by atoms with Crippen LogP contribution in [-0.2, 0) is 6.54 Å². The van der Waals surface area contributed by atoms with E-state index < -0.39 is 0 Å². The summed E-state index contributed by atoms with van der Waals surface area (Å²) in [5.41, 5.74) is 6.49. The van der Waals surface area contributed by atoms with Gasteiger partial charge in [-0.25, -0.2) is 4.39 Å². The van der Waals surface area contributed by atoms with E-state index in [1.807, 2.05) is 36.7 Å². The van der Waals surface area contributed by atoms with Crippen molar-refractivity contribution in [3.05, 3.63) is 59.2 Å². The Morgan fingerprint density at radius 2 is 1.81 bits per heavy atom. The van der Waals surface area contributed by atoms with Crippen LogP contribution in [0.25, 0.3) is 0 Å². The third kappa shape index (κ3) is 2.24. The van der Waals surface area contributed by atoms with Crippen molar-refractivity contribution < 1.29 is 4.39 Å². The van der Waals surface area contributed by atoms with Crippen LogP contribution in [0.15, 0.2) is 36.4 Å². The van der Waals surface area contributed by atoms with Crippen molar-refractivity contribution in [1.82, 2.24) is 4.68 Å². The van der Waals surface area contributed by atoms with Gasteiger partial charge in [-0.15, -0.1) is 0 Å². The first kappa shape index (κ1) is 10.7. The number of aromatic nitrogens is 1. The minimum Gasteiger partial charge on any atom is -0.322 e. The summed E-state index contributed by atoms with van der Waals surface area (Å²) in [5.74, 6) is -0.194. The number of benzene rings is 1. The van der Waals surface area contributed by atoms with Crippen LogP contribution in [0.1, 0.15) is 17.0 Å². The van der Waals surface area contributed by atoms with Crippen LogP contribution in [0.4, 0.5) is 4.39 Å². The molecule has 0 radical (unpaired) electrons. The molecule has 84 valence electrons. The zero-order valence-corrected chi connectivity index (χ0v) is 9.50. The van der Waals surface area contributed by atoms with Crippen LogP contribution in [0, 0.1) is 19.7 Å². The normalized spacial score (nSPS) is 10.4. The maximum Gasteiger partial charge on any atom is 0.123 e. The molecular weight excluding hydrogens is 203 g/mol. The summed E-state index contributed by atoms with van der Waals surface area (Å²) in [6, 6.07) is 10.7. The standard InChI is InChI=1S/C13H15FN2/c1-10-6-7-11(2)16(10)15-9-12-4-3-5-13(14)8-12/h3-8,15H,9H2,1-2H3. The quantitative estimate of drug-likeness (QED) is 0.838. The van der Waals surface area contributed by atoms with E-state index in [-0.39, 0.29) is 5.82 Å². The largest absolute Gasteiger partial charge is 0.322 e. The molecule has 0 aliphatic carbocycles. The van der Waals surface area contributed by atoms with Crippen molar-refractivity contribution in [1.29, 1.82) is 0 Å². The number of aryl methyl sites for hydroxylation is 2. The second-order valence-corrected chi connectivity index (χ2v) is 3.92. The van der Waals surface area contributed by atoms with E-state index in [4.69, 9.17) is 0 Å². The molecule has 2 rings (SSSR count).